The highest BCUT2D eigenvalue weighted by atomic mass is 16.1. The van der Waals surface area contributed by atoms with E-state index < -0.39 is 0 Å². The third-order valence-corrected chi connectivity index (χ3v) is 3.96. The van der Waals surface area contributed by atoms with Gasteiger partial charge in [0, 0.05) is 31.4 Å². The Morgan fingerprint density at radius 2 is 2.37 bits per heavy atom. The van der Waals surface area contributed by atoms with E-state index in [2.05, 4.69) is 17.1 Å². The number of aromatic nitrogens is 1. The molecule has 1 aliphatic carbocycles. The molecule has 0 aromatic carbocycles. The summed E-state index contributed by atoms with van der Waals surface area (Å²) in [4.78, 5) is 18.6. The third kappa shape index (κ3) is 2.30. The zero-order valence-electron chi connectivity index (χ0n) is 11.3. The van der Waals surface area contributed by atoms with Gasteiger partial charge in [0.1, 0.15) is 5.82 Å². The van der Waals surface area contributed by atoms with Gasteiger partial charge in [-0.3, -0.25) is 4.79 Å². The van der Waals surface area contributed by atoms with Crippen LogP contribution in [0.25, 0.3) is 0 Å². The predicted octanol–water partition coefficient (Wildman–Crippen LogP) is 0.467. The number of carbonyl (C=O) groups is 1. The lowest BCUT2D eigenvalue weighted by molar-refractivity contribution is 0.1000. The minimum absolute atomic E-state index is 0.372. The maximum atomic E-state index is 11.7. The Morgan fingerprint density at radius 1 is 1.53 bits per heavy atom. The number of hydrogen-bond acceptors (Lipinski definition) is 4. The summed E-state index contributed by atoms with van der Waals surface area (Å²) in [6.45, 7) is 4.80. The minimum atomic E-state index is -0.372. The first kappa shape index (κ1) is 12.4. The van der Waals surface area contributed by atoms with Crippen LogP contribution in [0.15, 0.2) is 6.07 Å². The Hall–Kier alpha value is -1.62. The van der Waals surface area contributed by atoms with Crippen molar-refractivity contribution < 1.29 is 4.79 Å². The van der Waals surface area contributed by atoms with E-state index in [1.54, 1.807) is 0 Å². The molecule has 3 N–H and O–H groups in total. The van der Waals surface area contributed by atoms with Crippen LogP contribution in [-0.4, -0.2) is 36.6 Å². The van der Waals surface area contributed by atoms with Crippen LogP contribution in [0.1, 0.15) is 35.0 Å². The highest BCUT2D eigenvalue weighted by Crippen LogP contribution is 2.27. The number of anilines is 1. The Labute approximate surface area is 113 Å². The molecule has 2 aliphatic rings. The Morgan fingerprint density at radius 3 is 3.11 bits per heavy atom. The van der Waals surface area contributed by atoms with Crippen LogP contribution >= 0.6 is 0 Å². The molecule has 3 rings (SSSR count). The molecule has 1 saturated heterocycles. The van der Waals surface area contributed by atoms with E-state index in [9.17, 15) is 4.79 Å². The number of fused-ring (bicyclic) bond motifs is 1. The second-order valence-corrected chi connectivity index (χ2v) is 5.48. The van der Waals surface area contributed by atoms with E-state index in [-0.39, 0.29) is 5.91 Å². The molecule has 1 atom stereocenters. The Balaban J connectivity index is 2.01. The first-order chi connectivity index (χ1) is 9.15. The van der Waals surface area contributed by atoms with Crippen molar-refractivity contribution in [1.29, 1.82) is 0 Å². The molecule has 19 heavy (non-hydrogen) atoms. The topological polar surface area (TPSA) is 71.2 Å². The van der Waals surface area contributed by atoms with E-state index in [1.807, 2.05) is 6.07 Å². The van der Waals surface area contributed by atoms with Crippen LogP contribution in [0.3, 0.4) is 0 Å². The highest BCUT2D eigenvalue weighted by Gasteiger charge is 2.24. The summed E-state index contributed by atoms with van der Waals surface area (Å²) in [5, 5.41) is 3.40. The van der Waals surface area contributed by atoms with Crippen LogP contribution in [0.4, 0.5) is 5.82 Å². The molecule has 1 aliphatic heterocycles. The van der Waals surface area contributed by atoms with E-state index in [0.29, 0.717) is 11.6 Å². The van der Waals surface area contributed by atoms with Gasteiger partial charge >= 0.3 is 0 Å². The number of nitrogens with zero attached hydrogens (tertiary/aromatic N) is 2. The second-order valence-electron chi connectivity index (χ2n) is 5.48. The highest BCUT2D eigenvalue weighted by molar-refractivity contribution is 5.98. The summed E-state index contributed by atoms with van der Waals surface area (Å²) in [5.74, 6) is 0.407. The zero-order valence-corrected chi connectivity index (χ0v) is 11.3. The fourth-order valence-corrected chi connectivity index (χ4v) is 3.01. The fraction of sp³-hybridized carbons (Fsp3) is 0.571. The average Bonchev–Trinajstić information content (AvgIpc) is 2.84. The summed E-state index contributed by atoms with van der Waals surface area (Å²) >= 11 is 0. The summed E-state index contributed by atoms with van der Waals surface area (Å²) in [6.07, 6.45) is 3.16. The smallest absolute Gasteiger partial charge is 0.252 e. The summed E-state index contributed by atoms with van der Waals surface area (Å²) in [5.41, 5.74) is 8.45. The van der Waals surface area contributed by atoms with Crippen molar-refractivity contribution in [2.24, 2.45) is 5.73 Å². The number of rotatable bonds is 2. The molecule has 0 spiro atoms. The molecule has 1 amide bonds. The van der Waals surface area contributed by atoms with Crippen LogP contribution in [0, 0.1) is 0 Å². The molecule has 5 heteroatoms. The van der Waals surface area contributed by atoms with Gasteiger partial charge < -0.3 is 16.0 Å². The van der Waals surface area contributed by atoms with Gasteiger partial charge in [0.15, 0.2) is 0 Å². The number of amides is 1. The van der Waals surface area contributed by atoms with Crippen molar-refractivity contribution in [2.75, 3.05) is 24.5 Å². The van der Waals surface area contributed by atoms with Crippen molar-refractivity contribution in [1.82, 2.24) is 10.3 Å². The first-order valence-corrected chi connectivity index (χ1v) is 6.96. The van der Waals surface area contributed by atoms with Gasteiger partial charge in [-0.05, 0) is 37.8 Å². The molecular weight excluding hydrogens is 240 g/mol. The van der Waals surface area contributed by atoms with Crippen LogP contribution < -0.4 is 16.0 Å². The Kier molecular flexibility index (Phi) is 3.14. The number of nitrogens with two attached hydrogens (primary N) is 1. The van der Waals surface area contributed by atoms with E-state index in [1.165, 1.54) is 5.56 Å². The van der Waals surface area contributed by atoms with Crippen LogP contribution in [0.2, 0.25) is 0 Å². The number of piperazine rings is 1. The standard InChI is InChI=1S/C14H20N4O/c1-9-8-18(6-5-16-9)14-11(13(15)19)7-10-3-2-4-12(10)17-14/h7,9,16H,2-6,8H2,1H3,(H2,15,19)/t9-/m0/s1. The molecule has 2 heterocycles. The van der Waals surface area contributed by atoms with Crippen LogP contribution in [-0.2, 0) is 12.8 Å². The summed E-state index contributed by atoms with van der Waals surface area (Å²) in [6, 6.07) is 2.37. The van der Waals surface area contributed by atoms with Gasteiger partial charge in [-0.2, -0.15) is 0 Å². The number of hydrogen-bond donors (Lipinski definition) is 2. The molecule has 0 unspecified atom stereocenters. The van der Waals surface area contributed by atoms with Gasteiger partial charge in [0.05, 0.1) is 5.56 Å². The fourth-order valence-electron chi connectivity index (χ4n) is 3.01. The van der Waals surface area contributed by atoms with Crippen LogP contribution in [0.5, 0.6) is 0 Å². The molecule has 0 saturated carbocycles. The number of aryl methyl sites for hydroxylation is 2. The molecule has 102 valence electrons. The van der Waals surface area contributed by atoms with Crippen molar-refractivity contribution in [3.63, 3.8) is 0 Å². The number of carbonyl (C=O) groups excluding carboxylic acids is 1. The van der Waals surface area contributed by atoms with Crippen molar-refractivity contribution in [3.05, 3.63) is 22.9 Å². The number of pyridine rings is 1. The lowest BCUT2D eigenvalue weighted by atomic mass is 10.1. The number of nitrogens with one attached hydrogen (secondary N) is 1. The normalized spacial score (nSPS) is 22.4. The van der Waals surface area contributed by atoms with Crippen molar-refractivity contribution in [3.8, 4) is 0 Å². The quantitative estimate of drug-likeness (QED) is 0.811. The molecule has 1 aromatic heterocycles. The zero-order chi connectivity index (χ0) is 13.4. The van der Waals surface area contributed by atoms with Gasteiger partial charge in [-0.15, -0.1) is 0 Å². The summed E-state index contributed by atoms with van der Waals surface area (Å²) < 4.78 is 0. The van der Waals surface area contributed by atoms with E-state index >= 15 is 0 Å². The first-order valence-electron chi connectivity index (χ1n) is 6.96. The molecular formula is C14H20N4O. The Bertz CT molecular complexity index is 514. The SMILES string of the molecule is C[C@H]1CN(c2nc3c(cc2C(N)=O)CCC3)CCN1. The van der Waals surface area contributed by atoms with E-state index in [4.69, 9.17) is 10.7 Å². The maximum absolute atomic E-state index is 11.7. The maximum Gasteiger partial charge on any atom is 0.252 e. The second kappa shape index (κ2) is 4.81. The largest absolute Gasteiger partial charge is 0.365 e. The lowest BCUT2D eigenvalue weighted by Gasteiger charge is -2.33. The third-order valence-electron chi connectivity index (χ3n) is 3.96. The molecule has 0 bridgehead atoms. The molecule has 1 aromatic rings. The molecule has 1 fully saturated rings. The van der Waals surface area contributed by atoms with Crippen molar-refractivity contribution >= 4 is 11.7 Å². The number of primary amides is 1. The predicted molar refractivity (Wildman–Crippen MR) is 74.5 cm³/mol. The van der Waals surface area contributed by atoms with E-state index in [0.717, 1.165) is 50.4 Å². The van der Waals surface area contributed by atoms with Gasteiger partial charge in [-0.1, -0.05) is 0 Å². The lowest BCUT2D eigenvalue weighted by Crippen LogP contribution is -2.50. The monoisotopic (exact) mass is 260 g/mol. The molecule has 5 nitrogen and oxygen atoms in total. The van der Waals surface area contributed by atoms with Crippen molar-refractivity contribution in [2.45, 2.75) is 32.2 Å². The van der Waals surface area contributed by atoms with Gasteiger partial charge in [-0.25, -0.2) is 4.98 Å². The molecule has 0 radical (unpaired) electrons. The average molecular weight is 260 g/mol. The van der Waals surface area contributed by atoms with Gasteiger partial charge in [0.25, 0.3) is 5.91 Å². The van der Waals surface area contributed by atoms with Gasteiger partial charge in [0.2, 0.25) is 0 Å². The summed E-state index contributed by atoms with van der Waals surface area (Å²) in [7, 11) is 0. The minimum Gasteiger partial charge on any atom is -0.365 e.